The molecule has 1 aliphatic carbocycles. The summed E-state index contributed by atoms with van der Waals surface area (Å²) < 4.78 is 0. The molecule has 0 radical (unpaired) electrons. The number of nitrogens with zero attached hydrogens (tertiary/aromatic N) is 2. The van der Waals surface area contributed by atoms with Crippen molar-refractivity contribution in [3.8, 4) is 0 Å². The molecular formula is C26H23N5. The van der Waals surface area contributed by atoms with Crippen LogP contribution in [0.15, 0.2) is 79.1 Å². The molecule has 2 heterocycles. The van der Waals surface area contributed by atoms with Gasteiger partial charge >= 0.3 is 0 Å². The maximum atomic E-state index is 4.85. The van der Waals surface area contributed by atoms with Crippen LogP contribution in [0.4, 0.5) is 17.2 Å². The number of hydrogen-bond acceptors (Lipinski definition) is 4. The van der Waals surface area contributed by atoms with E-state index in [1.165, 1.54) is 24.0 Å². The maximum absolute atomic E-state index is 4.85. The Hall–Kier alpha value is -3.86. The van der Waals surface area contributed by atoms with Crippen LogP contribution in [0.1, 0.15) is 29.9 Å². The van der Waals surface area contributed by atoms with E-state index in [2.05, 4.69) is 75.2 Å². The zero-order valence-corrected chi connectivity index (χ0v) is 17.1. The fourth-order valence-corrected chi connectivity index (χ4v) is 4.10. The van der Waals surface area contributed by atoms with E-state index in [1.54, 1.807) is 6.33 Å². The molecule has 1 aliphatic rings. The molecule has 31 heavy (non-hydrogen) atoms. The number of rotatable bonds is 6. The number of pyridine rings is 1. The molecule has 5 aromatic rings. The van der Waals surface area contributed by atoms with Gasteiger partial charge in [0.15, 0.2) is 0 Å². The van der Waals surface area contributed by atoms with Crippen molar-refractivity contribution >= 4 is 39.1 Å². The van der Waals surface area contributed by atoms with Crippen LogP contribution in [0.5, 0.6) is 0 Å². The van der Waals surface area contributed by atoms with Crippen molar-refractivity contribution in [2.45, 2.75) is 25.3 Å². The summed E-state index contributed by atoms with van der Waals surface area (Å²) in [6, 6.07) is 25.4. The molecule has 0 unspecified atom stereocenters. The number of imidazole rings is 1. The van der Waals surface area contributed by atoms with Crippen LogP contribution >= 0.6 is 0 Å². The first-order chi connectivity index (χ1) is 15.3. The molecule has 2 aromatic heterocycles. The lowest BCUT2D eigenvalue weighted by Crippen LogP contribution is -2.01. The predicted octanol–water partition coefficient (Wildman–Crippen LogP) is 6.34. The van der Waals surface area contributed by atoms with Crippen molar-refractivity contribution in [2.75, 3.05) is 10.6 Å². The average molecular weight is 406 g/mol. The first kappa shape index (κ1) is 18.0. The van der Waals surface area contributed by atoms with E-state index in [0.717, 1.165) is 51.6 Å². The highest BCUT2D eigenvalue weighted by Gasteiger charge is 2.23. The third-order valence-corrected chi connectivity index (χ3v) is 5.91. The van der Waals surface area contributed by atoms with Gasteiger partial charge in [-0.25, -0.2) is 9.97 Å². The summed E-state index contributed by atoms with van der Waals surface area (Å²) >= 11 is 0. The third-order valence-electron chi connectivity index (χ3n) is 5.91. The summed E-state index contributed by atoms with van der Waals surface area (Å²) in [5.74, 6) is 1.61. The fourth-order valence-electron chi connectivity index (χ4n) is 4.10. The molecule has 1 saturated carbocycles. The van der Waals surface area contributed by atoms with Gasteiger partial charge in [0.05, 0.1) is 22.9 Å². The Morgan fingerprint density at radius 2 is 1.84 bits per heavy atom. The van der Waals surface area contributed by atoms with Gasteiger partial charge in [0, 0.05) is 23.3 Å². The molecule has 0 amide bonds. The number of nitrogens with one attached hydrogen (secondary N) is 3. The standard InChI is InChI=1S/C26H23N5/c1-3-19(18-8-9-18)14-20(4-1)30-26-12-10-21-22(5-2-6-23(21)31-26)27-15-17-7-11-24-25(13-17)29-16-28-24/h1-7,10-14,16,18,27H,8-9,15H2,(H,28,29)(H,30,31). The summed E-state index contributed by atoms with van der Waals surface area (Å²) in [5, 5.41) is 8.15. The molecule has 1 fully saturated rings. The van der Waals surface area contributed by atoms with Gasteiger partial charge in [-0.1, -0.05) is 24.3 Å². The van der Waals surface area contributed by atoms with Crippen LogP contribution in [0.3, 0.4) is 0 Å². The molecule has 3 N–H and O–H groups in total. The Morgan fingerprint density at radius 1 is 0.903 bits per heavy atom. The van der Waals surface area contributed by atoms with Crippen LogP contribution < -0.4 is 10.6 Å². The summed E-state index contributed by atoms with van der Waals surface area (Å²) in [6.07, 6.45) is 4.35. The van der Waals surface area contributed by atoms with Crippen molar-refractivity contribution < 1.29 is 0 Å². The van der Waals surface area contributed by atoms with Gasteiger partial charge in [-0.2, -0.15) is 0 Å². The number of aromatic amines is 1. The lowest BCUT2D eigenvalue weighted by Gasteiger charge is -2.12. The second-order valence-electron chi connectivity index (χ2n) is 8.20. The Morgan fingerprint density at radius 3 is 2.77 bits per heavy atom. The Labute approximate surface area is 180 Å². The van der Waals surface area contributed by atoms with Crippen molar-refractivity contribution in [1.82, 2.24) is 15.0 Å². The molecule has 0 spiro atoms. The molecule has 6 rings (SSSR count). The number of benzene rings is 3. The topological polar surface area (TPSA) is 65.6 Å². The second kappa shape index (κ2) is 7.43. The highest BCUT2D eigenvalue weighted by Crippen LogP contribution is 2.40. The van der Waals surface area contributed by atoms with Crippen LogP contribution in [0.2, 0.25) is 0 Å². The van der Waals surface area contributed by atoms with E-state index in [4.69, 9.17) is 4.98 Å². The number of hydrogen-bond donors (Lipinski definition) is 3. The Balaban J connectivity index is 1.22. The molecule has 3 aromatic carbocycles. The normalized spacial score (nSPS) is 13.5. The summed E-state index contributed by atoms with van der Waals surface area (Å²) in [4.78, 5) is 12.3. The summed E-state index contributed by atoms with van der Waals surface area (Å²) in [7, 11) is 0. The van der Waals surface area contributed by atoms with E-state index < -0.39 is 0 Å². The van der Waals surface area contributed by atoms with Gasteiger partial charge in [-0.15, -0.1) is 0 Å². The van der Waals surface area contributed by atoms with Gasteiger partial charge in [0.25, 0.3) is 0 Å². The first-order valence-electron chi connectivity index (χ1n) is 10.7. The van der Waals surface area contributed by atoms with Gasteiger partial charge < -0.3 is 15.6 Å². The largest absolute Gasteiger partial charge is 0.380 e. The quantitative estimate of drug-likeness (QED) is 0.308. The minimum atomic E-state index is 0.738. The van der Waals surface area contributed by atoms with Gasteiger partial charge in [-0.05, 0) is 78.4 Å². The monoisotopic (exact) mass is 405 g/mol. The van der Waals surface area contributed by atoms with Crippen molar-refractivity contribution in [3.05, 3.63) is 90.3 Å². The molecular weight excluding hydrogens is 382 g/mol. The minimum absolute atomic E-state index is 0.738. The molecule has 152 valence electrons. The summed E-state index contributed by atoms with van der Waals surface area (Å²) in [6.45, 7) is 0.738. The fraction of sp³-hybridized carbons (Fsp3) is 0.154. The van der Waals surface area contributed by atoms with Crippen molar-refractivity contribution in [1.29, 1.82) is 0 Å². The SMILES string of the molecule is c1cc(Nc2ccc3c(NCc4ccc5nc[nH]c5c4)cccc3n2)cc(C2CC2)c1. The van der Waals surface area contributed by atoms with E-state index in [9.17, 15) is 0 Å². The zero-order valence-electron chi connectivity index (χ0n) is 17.1. The van der Waals surface area contributed by atoms with Gasteiger partial charge in [0.1, 0.15) is 5.82 Å². The van der Waals surface area contributed by atoms with Crippen molar-refractivity contribution in [2.24, 2.45) is 0 Å². The van der Waals surface area contributed by atoms with Crippen LogP contribution in [0, 0.1) is 0 Å². The van der Waals surface area contributed by atoms with Gasteiger partial charge in [0.2, 0.25) is 0 Å². The number of fused-ring (bicyclic) bond motifs is 2. The Kier molecular flexibility index (Phi) is 4.31. The minimum Gasteiger partial charge on any atom is -0.380 e. The Bertz CT molecular complexity index is 1380. The first-order valence-corrected chi connectivity index (χ1v) is 10.7. The molecule has 5 heteroatoms. The molecule has 0 saturated heterocycles. The zero-order chi connectivity index (χ0) is 20.6. The third kappa shape index (κ3) is 3.70. The molecule has 0 aliphatic heterocycles. The van der Waals surface area contributed by atoms with E-state index in [0.29, 0.717) is 0 Å². The summed E-state index contributed by atoms with van der Waals surface area (Å²) in [5.41, 5.74) is 7.82. The van der Waals surface area contributed by atoms with E-state index in [1.807, 2.05) is 18.2 Å². The molecule has 5 nitrogen and oxygen atoms in total. The molecule has 0 atom stereocenters. The van der Waals surface area contributed by atoms with Gasteiger partial charge in [-0.3, -0.25) is 0 Å². The number of aromatic nitrogens is 3. The lowest BCUT2D eigenvalue weighted by atomic mass is 10.1. The van der Waals surface area contributed by atoms with E-state index in [-0.39, 0.29) is 0 Å². The predicted molar refractivity (Wildman–Crippen MR) is 127 cm³/mol. The average Bonchev–Trinajstić information content (AvgIpc) is 3.55. The van der Waals surface area contributed by atoms with Crippen LogP contribution in [-0.4, -0.2) is 15.0 Å². The smallest absolute Gasteiger partial charge is 0.131 e. The van der Waals surface area contributed by atoms with E-state index >= 15 is 0 Å². The van der Waals surface area contributed by atoms with Crippen molar-refractivity contribution in [3.63, 3.8) is 0 Å². The van der Waals surface area contributed by atoms with Crippen LogP contribution in [0.25, 0.3) is 21.9 Å². The highest BCUT2D eigenvalue weighted by molar-refractivity contribution is 5.92. The second-order valence-corrected chi connectivity index (χ2v) is 8.20. The van der Waals surface area contributed by atoms with Crippen LogP contribution in [-0.2, 0) is 6.54 Å². The number of anilines is 3. The highest BCUT2D eigenvalue weighted by atomic mass is 15.0. The maximum Gasteiger partial charge on any atom is 0.131 e. The molecule has 0 bridgehead atoms. The lowest BCUT2D eigenvalue weighted by molar-refractivity contribution is 1.13. The number of H-pyrrole nitrogens is 1.